The van der Waals surface area contributed by atoms with Crippen molar-refractivity contribution >= 4 is 23.2 Å². The Kier molecular flexibility index (Phi) is 6.11. The summed E-state index contributed by atoms with van der Waals surface area (Å²) < 4.78 is 0. The van der Waals surface area contributed by atoms with Crippen LogP contribution in [0.15, 0.2) is 0 Å². The van der Waals surface area contributed by atoms with Gasteiger partial charge in [0.1, 0.15) is 10.9 Å². The molecule has 0 bridgehead atoms. The van der Waals surface area contributed by atoms with Crippen molar-refractivity contribution in [1.82, 2.24) is 15.6 Å². The van der Waals surface area contributed by atoms with Crippen LogP contribution < -0.4 is 10.6 Å². The molecule has 2 amide bonds. The van der Waals surface area contributed by atoms with E-state index >= 15 is 0 Å². The van der Waals surface area contributed by atoms with Crippen LogP contribution in [0.4, 0.5) is 0 Å². The van der Waals surface area contributed by atoms with E-state index in [-0.39, 0.29) is 17.4 Å². The molecule has 0 aliphatic rings. The Morgan fingerprint density at radius 2 is 1.82 bits per heavy atom. The molecule has 1 heterocycles. The summed E-state index contributed by atoms with van der Waals surface area (Å²) in [6, 6.07) is -0.582. The van der Waals surface area contributed by atoms with Crippen LogP contribution in [-0.4, -0.2) is 28.4 Å². The van der Waals surface area contributed by atoms with E-state index < -0.39 is 6.04 Å². The van der Waals surface area contributed by atoms with Crippen LogP contribution in [-0.2, 0) is 11.2 Å². The minimum absolute atomic E-state index is 0.189. The molecule has 0 aromatic carbocycles. The van der Waals surface area contributed by atoms with Gasteiger partial charge in [0, 0.05) is 12.0 Å². The third-order valence-electron chi connectivity index (χ3n) is 2.87. The molecule has 0 spiro atoms. The molecule has 0 saturated heterocycles. The molecule has 0 fully saturated rings. The maximum atomic E-state index is 12.3. The van der Waals surface area contributed by atoms with Crippen LogP contribution in [0.2, 0.25) is 0 Å². The number of thiazole rings is 1. The predicted octanol–water partition coefficient (Wildman–Crippen LogP) is 2.68. The van der Waals surface area contributed by atoms with E-state index in [1.165, 1.54) is 11.3 Å². The van der Waals surface area contributed by atoms with E-state index in [1.807, 2.05) is 27.7 Å². The fraction of sp³-hybridized carbons (Fsp3) is 0.688. The van der Waals surface area contributed by atoms with E-state index in [9.17, 15) is 9.59 Å². The Labute approximate surface area is 136 Å². The molecule has 124 valence electrons. The lowest BCUT2D eigenvalue weighted by Gasteiger charge is -2.23. The average molecular weight is 325 g/mol. The number of hydrogen-bond acceptors (Lipinski definition) is 4. The monoisotopic (exact) mass is 325 g/mol. The molecule has 0 aliphatic carbocycles. The zero-order valence-electron chi connectivity index (χ0n) is 14.5. The first kappa shape index (κ1) is 18.6. The highest BCUT2D eigenvalue weighted by atomic mass is 32.1. The smallest absolute Gasteiger partial charge is 0.263 e. The van der Waals surface area contributed by atoms with Gasteiger partial charge in [-0.25, -0.2) is 4.98 Å². The van der Waals surface area contributed by atoms with E-state index in [4.69, 9.17) is 0 Å². The number of rotatable bonds is 5. The predicted molar refractivity (Wildman–Crippen MR) is 90.2 cm³/mol. The lowest BCUT2D eigenvalue weighted by molar-refractivity contribution is -0.124. The fourth-order valence-corrected chi connectivity index (χ4v) is 3.08. The van der Waals surface area contributed by atoms with Crippen LogP contribution in [0.1, 0.15) is 61.9 Å². The number of carbonyl (C=O) groups excluding carboxylic acids is 2. The van der Waals surface area contributed by atoms with Crippen LogP contribution in [0.25, 0.3) is 0 Å². The van der Waals surface area contributed by atoms with Gasteiger partial charge in [-0.2, -0.15) is 0 Å². The summed E-state index contributed by atoms with van der Waals surface area (Å²) in [6.45, 7) is 13.5. The lowest BCUT2D eigenvalue weighted by atomic mass is 10.1. The van der Waals surface area contributed by atoms with E-state index in [2.05, 4.69) is 29.5 Å². The molecular formula is C16H27N3O2S. The highest BCUT2D eigenvalue weighted by molar-refractivity contribution is 7.13. The molecule has 1 aromatic rings. The second-order valence-electron chi connectivity index (χ2n) is 7.05. The van der Waals surface area contributed by atoms with Crippen molar-refractivity contribution in [2.75, 3.05) is 0 Å². The van der Waals surface area contributed by atoms with Crippen molar-refractivity contribution in [3.05, 3.63) is 15.6 Å². The standard InChI is InChI=1S/C16H27N3O2S/c1-9(2)8-12-17-10(3)13(22-12)15(21)18-11(4)14(20)19-16(5,6)7/h9,11H,8H2,1-7H3,(H,18,21)(H,19,20)/t11-/m1/s1. The molecule has 2 N–H and O–H groups in total. The van der Waals surface area contributed by atoms with Crippen LogP contribution in [0.3, 0.4) is 0 Å². The Balaban J connectivity index is 2.72. The minimum Gasteiger partial charge on any atom is -0.350 e. The summed E-state index contributed by atoms with van der Waals surface area (Å²) in [4.78, 5) is 29.4. The Hall–Kier alpha value is -1.43. The van der Waals surface area contributed by atoms with Gasteiger partial charge < -0.3 is 10.6 Å². The van der Waals surface area contributed by atoms with Crippen LogP contribution in [0.5, 0.6) is 0 Å². The second-order valence-corrected chi connectivity index (χ2v) is 8.14. The molecule has 1 rings (SSSR count). The summed E-state index contributed by atoms with van der Waals surface area (Å²) in [5, 5.41) is 6.56. The Morgan fingerprint density at radius 1 is 1.23 bits per heavy atom. The van der Waals surface area contributed by atoms with Crippen molar-refractivity contribution in [1.29, 1.82) is 0 Å². The third kappa shape index (κ3) is 5.75. The van der Waals surface area contributed by atoms with Gasteiger partial charge in [-0.05, 0) is 40.5 Å². The lowest BCUT2D eigenvalue weighted by Crippen LogP contribution is -2.50. The first-order valence-corrected chi connectivity index (χ1v) is 8.40. The van der Waals surface area contributed by atoms with E-state index in [0.717, 1.165) is 17.1 Å². The number of nitrogens with zero attached hydrogens (tertiary/aromatic N) is 1. The molecule has 1 atom stereocenters. The zero-order valence-corrected chi connectivity index (χ0v) is 15.4. The number of nitrogens with one attached hydrogen (secondary N) is 2. The summed E-state index contributed by atoms with van der Waals surface area (Å²) in [5.74, 6) is 0.0740. The molecule has 5 nitrogen and oxygen atoms in total. The van der Waals surface area contributed by atoms with Gasteiger partial charge in [-0.15, -0.1) is 11.3 Å². The van der Waals surface area contributed by atoms with Gasteiger partial charge in [0.15, 0.2) is 0 Å². The minimum atomic E-state index is -0.582. The van der Waals surface area contributed by atoms with Gasteiger partial charge >= 0.3 is 0 Å². The number of hydrogen-bond donors (Lipinski definition) is 2. The topological polar surface area (TPSA) is 71.1 Å². The van der Waals surface area contributed by atoms with Crippen molar-refractivity contribution in [2.24, 2.45) is 5.92 Å². The summed E-state index contributed by atoms with van der Waals surface area (Å²) in [6.07, 6.45) is 0.860. The largest absolute Gasteiger partial charge is 0.350 e. The van der Waals surface area contributed by atoms with Crippen LogP contribution in [0, 0.1) is 12.8 Å². The molecular weight excluding hydrogens is 298 g/mol. The van der Waals surface area contributed by atoms with E-state index in [0.29, 0.717) is 10.8 Å². The third-order valence-corrected chi connectivity index (χ3v) is 4.05. The number of aromatic nitrogens is 1. The second kappa shape index (κ2) is 7.22. The molecule has 1 aromatic heterocycles. The molecule has 0 aliphatic heterocycles. The molecule has 22 heavy (non-hydrogen) atoms. The SMILES string of the molecule is Cc1nc(CC(C)C)sc1C(=O)N[C@H](C)C(=O)NC(C)(C)C. The summed E-state index contributed by atoms with van der Waals surface area (Å²) in [5.41, 5.74) is 0.405. The van der Waals surface area contributed by atoms with Crippen molar-refractivity contribution in [2.45, 2.75) is 66.5 Å². The normalized spacial score (nSPS) is 13.1. The van der Waals surface area contributed by atoms with Crippen molar-refractivity contribution < 1.29 is 9.59 Å². The molecule has 6 heteroatoms. The highest BCUT2D eigenvalue weighted by Crippen LogP contribution is 2.20. The first-order valence-electron chi connectivity index (χ1n) is 7.58. The Bertz CT molecular complexity index is 544. The maximum absolute atomic E-state index is 12.3. The summed E-state index contributed by atoms with van der Waals surface area (Å²) in [7, 11) is 0. The van der Waals surface area contributed by atoms with Gasteiger partial charge in [-0.3, -0.25) is 9.59 Å². The van der Waals surface area contributed by atoms with Gasteiger partial charge in [0.2, 0.25) is 5.91 Å². The molecule has 0 radical (unpaired) electrons. The molecule has 0 unspecified atom stereocenters. The van der Waals surface area contributed by atoms with Crippen molar-refractivity contribution in [3.63, 3.8) is 0 Å². The number of amides is 2. The maximum Gasteiger partial charge on any atom is 0.263 e. The highest BCUT2D eigenvalue weighted by Gasteiger charge is 2.23. The first-order chi connectivity index (χ1) is 9.99. The van der Waals surface area contributed by atoms with Crippen molar-refractivity contribution in [3.8, 4) is 0 Å². The summed E-state index contributed by atoms with van der Waals surface area (Å²) >= 11 is 1.41. The van der Waals surface area contributed by atoms with Gasteiger partial charge in [-0.1, -0.05) is 13.8 Å². The number of aryl methyl sites for hydroxylation is 1. The zero-order chi connectivity index (χ0) is 17.1. The number of carbonyl (C=O) groups is 2. The average Bonchev–Trinajstić information content (AvgIpc) is 2.66. The van der Waals surface area contributed by atoms with Gasteiger partial charge in [0.05, 0.1) is 10.7 Å². The molecule has 0 saturated carbocycles. The Morgan fingerprint density at radius 3 is 2.32 bits per heavy atom. The van der Waals surface area contributed by atoms with Gasteiger partial charge in [0.25, 0.3) is 5.91 Å². The fourth-order valence-electron chi connectivity index (χ4n) is 1.91. The van der Waals surface area contributed by atoms with E-state index in [1.54, 1.807) is 6.92 Å². The van der Waals surface area contributed by atoms with Crippen LogP contribution >= 0.6 is 11.3 Å². The quantitative estimate of drug-likeness (QED) is 0.874.